The van der Waals surface area contributed by atoms with E-state index < -0.39 is 0 Å². The van der Waals surface area contributed by atoms with E-state index in [0.29, 0.717) is 11.2 Å². The van der Waals surface area contributed by atoms with Gasteiger partial charge in [0.05, 0.1) is 0 Å². The molecule has 1 saturated carbocycles. The van der Waals surface area contributed by atoms with Crippen molar-refractivity contribution >= 4 is 5.78 Å². The van der Waals surface area contributed by atoms with Gasteiger partial charge in [-0.3, -0.25) is 9.48 Å². The SMILES string of the molecule is CCCn1nccc1C(=O)C1CCC(C(C)(C)C)CC1. The highest BCUT2D eigenvalue weighted by Crippen LogP contribution is 2.40. The average molecular weight is 276 g/mol. The van der Waals surface area contributed by atoms with Gasteiger partial charge in [0.2, 0.25) is 0 Å². The van der Waals surface area contributed by atoms with Crippen LogP contribution in [0, 0.1) is 17.3 Å². The lowest BCUT2D eigenvalue weighted by molar-refractivity contribution is 0.0808. The summed E-state index contributed by atoms with van der Waals surface area (Å²) in [7, 11) is 0. The third-order valence-corrected chi connectivity index (χ3v) is 4.73. The number of carbonyl (C=O) groups is 1. The molecule has 0 unspecified atom stereocenters. The van der Waals surface area contributed by atoms with Crippen molar-refractivity contribution in [2.45, 2.75) is 66.3 Å². The fourth-order valence-electron chi connectivity index (χ4n) is 3.36. The predicted molar refractivity (Wildman–Crippen MR) is 81.8 cm³/mol. The molecule has 0 saturated heterocycles. The molecule has 0 atom stereocenters. The minimum atomic E-state index is 0.209. The van der Waals surface area contributed by atoms with Gasteiger partial charge >= 0.3 is 0 Å². The molecule has 0 spiro atoms. The number of carbonyl (C=O) groups excluding carboxylic acids is 1. The summed E-state index contributed by atoms with van der Waals surface area (Å²) in [6.07, 6.45) is 7.21. The van der Waals surface area contributed by atoms with Gasteiger partial charge in [-0.25, -0.2) is 0 Å². The second-order valence-corrected chi connectivity index (χ2v) is 7.22. The quantitative estimate of drug-likeness (QED) is 0.767. The molecule has 2 rings (SSSR count). The minimum absolute atomic E-state index is 0.209. The van der Waals surface area contributed by atoms with Crippen LogP contribution in [0.25, 0.3) is 0 Å². The number of nitrogens with zero attached hydrogens (tertiary/aromatic N) is 2. The van der Waals surface area contributed by atoms with E-state index in [0.717, 1.165) is 37.4 Å². The van der Waals surface area contributed by atoms with Gasteiger partial charge in [-0.05, 0) is 49.5 Å². The van der Waals surface area contributed by atoms with Gasteiger partial charge in [0.15, 0.2) is 5.78 Å². The molecular formula is C17H28N2O. The van der Waals surface area contributed by atoms with Crippen molar-refractivity contribution in [2.75, 3.05) is 0 Å². The summed E-state index contributed by atoms with van der Waals surface area (Å²) < 4.78 is 1.87. The normalized spacial score (nSPS) is 23.8. The topological polar surface area (TPSA) is 34.9 Å². The van der Waals surface area contributed by atoms with Gasteiger partial charge in [0.25, 0.3) is 0 Å². The van der Waals surface area contributed by atoms with E-state index in [2.05, 4.69) is 32.8 Å². The Morgan fingerprint density at radius 3 is 2.50 bits per heavy atom. The highest BCUT2D eigenvalue weighted by atomic mass is 16.1. The van der Waals surface area contributed by atoms with Crippen LogP contribution in [0.2, 0.25) is 0 Å². The molecule has 1 aromatic rings. The van der Waals surface area contributed by atoms with Crippen molar-refractivity contribution in [1.82, 2.24) is 9.78 Å². The summed E-state index contributed by atoms with van der Waals surface area (Å²) >= 11 is 0. The highest BCUT2D eigenvalue weighted by molar-refractivity contribution is 5.96. The Balaban J connectivity index is 2.00. The first kappa shape index (κ1) is 15.3. The highest BCUT2D eigenvalue weighted by Gasteiger charge is 2.33. The van der Waals surface area contributed by atoms with E-state index in [4.69, 9.17) is 0 Å². The lowest BCUT2D eigenvalue weighted by Gasteiger charge is -2.36. The number of hydrogen-bond donors (Lipinski definition) is 0. The summed E-state index contributed by atoms with van der Waals surface area (Å²) in [5.74, 6) is 1.27. The number of aryl methyl sites for hydroxylation is 1. The molecule has 0 bridgehead atoms. The van der Waals surface area contributed by atoms with E-state index in [-0.39, 0.29) is 5.92 Å². The monoisotopic (exact) mass is 276 g/mol. The number of rotatable bonds is 4. The van der Waals surface area contributed by atoms with E-state index in [1.165, 1.54) is 12.8 Å². The largest absolute Gasteiger partial charge is 0.292 e. The lowest BCUT2D eigenvalue weighted by atomic mass is 9.69. The molecule has 3 heteroatoms. The van der Waals surface area contributed by atoms with Crippen LogP contribution in [0.1, 0.15) is 70.3 Å². The molecule has 0 radical (unpaired) electrons. The molecule has 0 amide bonds. The number of Topliss-reactive ketones (excluding diaryl/α,β-unsaturated/α-hetero) is 1. The van der Waals surface area contributed by atoms with Crippen molar-refractivity contribution in [3.05, 3.63) is 18.0 Å². The van der Waals surface area contributed by atoms with Crippen LogP contribution >= 0.6 is 0 Å². The lowest BCUT2D eigenvalue weighted by Crippen LogP contribution is -2.29. The zero-order chi connectivity index (χ0) is 14.8. The van der Waals surface area contributed by atoms with Crippen molar-refractivity contribution < 1.29 is 4.79 Å². The van der Waals surface area contributed by atoms with Gasteiger partial charge in [-0.2, -0.15) is 5.10 Å². The Morgan fingerprint density at radius 1 is 1.30 bits per heavy atom. The van der Waals surface area contributed by atoms with Crippen LogP contribution in [-0.2, 0) is 6.54 Å². The Labute approximate surface area is 122 Å². The smallest absolute Gasteiger partial charge is 0.183 e. The zero-order valence-electron chi connectivity index (χ0n) is 13.4. The molecule has 0 aliphatic heterocycles. The van der Waals surface area contributed by atoms with Crippen LogP contribution in [0.4, 0.5) is 0 Å². The minimum Gasteiger partial charge on any atom is -0.292 e. The van der Waals surface area contributed by atoms with Gasteiger partial charge in [-0.1, -0.05) is 27.7 Å². The predicted octanol–water partition coefficient (Wildman–Crippen LogP) is 4.33. The Hall–Kier alpha value is -1.12. The van der Waals surface area contributed by atoms with Gasteiger partial charge in [0, 0.05) is 18.7 Å². The van der Waals surface area contributed by atoms with E-state index in [1.54, 1.807) is 6.20 Å². The van der Waals surface area contributed by atoms with E-state index >= 15 is 0 Å². The Bertz CT molecular complexity index is 448. The first-order valence-corrected chi connectivity index (χ1v) is 7.99. The van der Waals surface area contributed by atoms with Crippen LogP contribution in [0.5, 0.6) is 0 Å². The molecule has 1 heterocycles. The fraction of sp³-hybridized carbons (Fsp3) is 0.765. The average Bonchev–Trinajstić information content (AvgIpc) is 2.86. The second kappa shape index (κ2) is 6.11. The Morgan fingerprint density at radius 2 is 1.95 bits per heavy atom. The summed E-state index contributed by atoms with van der Waals surface area (Å²) in [6, 6.07) is 1.88. The second-order valence-electron chi connectivity index (χ2n) is 7.22. The molecule has 1 aliphatic carbocycles. The molecule has 0 aromatic carbocycles. The Kier molecular flexibility index (Phi) is 4.66. The summed E-state index contributed by atoms with van der Waals surface area (Å²) in [6.45, 7) is 9.90. The van der Waals surface area contributed by atoms with Gasteiger partial charge in [-0.15, -0.1) is 0 Å². The molecule has 1 fully saturated rings. The zero-order valence-corrected chi connectivity index (χ0v) is 13.4. The number of ketones is 1. The fourth-order valence-corrected chi connectivity index (χ4v) is 3.36. The van der Waals surface area contributed by atoms with Crippen molar-refractivity contribution in [3.8, 4) is 0 Å². The maximum absolute atomic E-state index is 12.7. The molecule has 1 aromatic heterocycles. The molecule has 3 nitrogen and oxygen atoms in total. The van der Waals surface area contributed by atoms with Crippen molar-refractivity contribution in [2.24, 2.45) is 17.3 Å². The van der Waals surface area contributed by atoms with Gasteiger partial charge in [0.1, 0.15) is 5.69 Å². The maximum Gasteiger partial charge on any atom is 0.183 e. The van der Waals surface area contributed by atoms with Crippen molar-refractivity contribution in [3.63, 3.8) is 0 Å². The van der Waals surface area contributed by atoms with Crippen LogP contribution < -0.4 is 0 Å². The first-order valence-electron chi connectivity index (χ1n) is 7.99. The van der Waals surface area contributed by atoms with E-state index in [9.17, 15) is 4.79 Å². The standard InChI is InChI=1S/C17H28N2O/c1-5-12-19-15(10-11-18-19)16(20)13-6-8-14(9-7-13)17(2,3)4/h10-11,13-14H,5-9,12H2,1-4H3. The molecule has 20 heavy (non-hydrogen) atoms. The third-order valence-electron chi connectivity index (χ3n) is 4.73. The van der Waals surface area contributed by atoms with Gasteiger partial charge < -0.3 is 0 Å². The van der Waals surface area contributed by atoms with E-state index in [1.807, 2.05) is 10.7 Å². The third kappa shape index (κ3) is 3.31. The first-order chi connectivity index (χ1) is 9.43. The summed E-state index contributed by atoms with van der Waals surface area (Å²) in [5, 5.41) is 4.27. The van der Waals surface area contributed by atoms with Crippen LogP contribution in [-0.4, -0.2) is 15.6 Å². The maximum atomic E-state index is 12.7. The molecule has 0 N–H and O–H groups in total. The number of hydrogen-bond acceptors (Lipinski definition) is 2. The molecule has 1 aliphatic rings. The van der Waals surface area contributed by atoms with Crippen molar-refractivity contribution in [1.29, 1.82) is 0 Å². The number of aromatic nitrogens is 2. The molecular weight excluding hydrogens is 248 g/mol. The summed E-state index contributed by atoms with van der Waals surface area (Å²) in [4.78, 5) is 12.7. The van der Waals surface area contributed by atoms with Crippen LogP contribution in [0.3, 0.4) is 0 Å². The van der Waals surface area contributed by atoms with Crippen LogP contribution in [0.15, 0.2) is 12.3 Å². The summed E-state index contributed by atoms with van der Waals surface area (Å²) in [5.41, 5.74) is 1.18. The molecule has 112 valence electrons.